The number of aryl methyl sites for hydroxylation is 2. The van der Waals surface area contributed by atoms with Gasteiger partial charge in [-0.15, -0.1) is 0 Å². The Bertz CT molecular complexity index is 1250. The van der Waals surface area contributed by atoms with Crippen molar-refractivity contribution in [2.24, 2.45) is 0 Å². The lowest BCUT2D eigenvalue weighted by Crippen LogP contribution is -2.30. The number of ketones is 1. The van der Waals surface area contributed by atoms with E-state index in [2.05, 4.69) is 4.98 Å². The lowest BCUT2D eigenvalue weighted by atomic mass is 9.95. The van der Waals surface area contributed by atoms with Crippen molar-refractivity contribution >= 4 is 34.7 Å². The summed E-state index contributed by atoms with van der Waals surface area (Å²) in [6, 6.07) is 12.8. The Kier molecular flexibility index (Phi) is 5.72. The molecule has 4 rings (SSSR count). The van der Waals surface area contributed by atoms with Crippen LogP contribution in [-0.2, 0) is 9.59 Å². The molecule has 0 spiro atoms. The number of hydrogen-bond acceptors (Lipinski definition) is 5. The van der Waals surface area contributed by atoms with E-state index in [1.807, 2.05) is 13.8 Å². The molecule has 1 fully saturated rings. The number of amides is 1. The van der Waals surface area contributed by atoms with E-state index < -0.39 is 17.7 Å². The smallest absolute Gasteiger partial charge is 0.300 e. The van der Waals surface area contributed by atoms with Crippen molar-refractivity contribution in [3.05, 3.63) is 93.8 Å². The average Bonchev–Trinajstić information content (AvgIpc) is 3.06. The monoisotopic (exact) mass is 448 g/mol. The van der Waals surface area contributed by atoms with Crippen LogP contribution in [-0.4, -0.2) is 28.9 Å². The molecule has 0 radical (unpaired) electrons. The first-order valence-corrected chi connectivity index (χ1v) is 10.3. The number of benzene rings is 2. The van der Waals surface area contributed by atoms with Gasteiger partial charge in [0.2, 0.25) is 0 Å². The van der Waals surface area contributed by atoms with Gasteiger partial charge in [0.25, 0.3) is 11.7 Å². The van der Waals surface area contributed by atoms with Gasteiger partial charge in [-0.2, -0.15) is 0 Å². The molecule has 2 heterocycles. The van der Waals surface area contributed by atoms with E-state index in [9.17, 15) is 14.7 Å². The van der Waals surface area contributed by atoms with E-state index in [-0.39, 0.29) is 11.3 Å². The fourth-order valence-electron chi connectivity index (χ4n) is 3.96. The molecule has 162 valence electrons. The van der Waals surface area contributed by atoms with Crippen LogP contribution in [0.3, 0.4) is 0 Å². The van der Waals surface area contributed by atoms with Crippen LogP contribution in [0, 0.1) is 13.8 Å². The van der Waals surface area contributed by atoms with Crippen LogP contribution < -0.4 is 9.64 Å². The Labute approximate surface area is 190 Å². The first-order valence-electron chi connectivity index (χ1n) is 9.95. The zero-order valence-electron chi connectivity index (χ0n) is 17.8. The third-order valence-electron chi connectivity index (χ3n) is 5.54. The maximum atomic E-state index is 13.2. The van der Waals surface area contributed by atoms with Gasteiger partial charge < -0.3 is 9.84 Å². The summed E-state index contributed by atoms with van der Waals surface area (Å²) < 4.78 is 5.29. The molecule has 1 saturated heterocycles. The highest BCUT2D eigenvalue weighted by Crippen LogP contribution is 2.43. The van der Waals surface area contributed by atoms with E-state index in [0.29, 0.717) is 27.6 Å². The Balaban J connectivity index is 1.96. The second-order valence-electron chi connectivity index (χ2n) is 7.57. The quantitative estimate of drug-likeness (QED) is 0.345. The summed E-state index contributed by atoms with van der Waals surface area (Å²) in [5.41, 5.74) is 3.06. The summed E-state index contributed by atoms with van der Waals surface area (Å²) in [5.74, 6) is -1.12. The second-order valence-corrected chi connectivity index (χ2v) is 8.01. The van der Waals surface area contributed by atoms with Gasteiger partial charge in [-0.1, -0.05) is 23.7 Å². The van der Waals surface area contributed by atoms with Crippen molar-refractivity contribution in [3.8, 4) is 5.75 Å². The van der Waals surface area contributed by atoms with Crippen LogP contribution in [0.2, 0.25) is 5.02 Å². The molecule has 1 aliphatic rings. The first-order chi connectivity index (χ1) is 15.3. The van der Waals surface area contributed by atoms with Crippen molar-refractivity contribution in [1.29, 1.82) is 0 Å². The molecule has 0 aliphatic carbocycles. The Hall–Kier alpha value is -3.64. The third kappa shape index (κ3) is 3.63. The number of Topliss-reactive ketones (excluding diaryl/α,β-unsaturated/α-hetero) is 1. The molecule has 1 unspecified atom stereocenters. The number of aromatic nitrogens is 1. The lowest BCUT2D eigenvalue weighted by molar-refractivity contribution is -0.132. The summed E-state index contributed by atoms with van der Waals surface area (Å²) in [6.07, 6.45) is 3.18. The number of anilines is 1. The van der Waals surface area contributed by atoms with Crippen molar-refractivity contribution in [2.45, 2.75) is 19.9 Å². The molecule has 7 heteroatoms. The highest BCUT2D eigenvalue weighted by Gasteiger charge is 2.47. The van der Waals surface area contributed by atoms with Gasteiger partial charge in [-0.3, -0.25) is 19.5 Å². The van der Waals surface area contributed by atoms with Gasteiger partial charge in [0.1, 0.15) is 11.5 Å². The highest BCUT2D eigenvalue weighted by atomic mass is 35.5. The molecule has 1 aromatic heterocycles. The third-order valence-corrected chi connectivity index (χ3v) is 5.78. The first kappa shape index (κ1) is 21.6. The minimum atomic E-state index is -0.858. The Morgan fingerprint density at radius 3 is 2.53 bits per heavy atom. The fraction of sp³-hybridized carbons (Fsp3) is 0.160. The van der Waals surface area contributed by atoms with Gasteiger partial charge in [0, 0.05) is 28.7 Å². The minimum absolute atomic E-state index is 0.00746. The number of methoxy groups -OCH3 is 1. The molecular weight excluding hydrogens is 428 g/mol. The van der Waals surface area contributed by atoms with Crippen molar-refractivity contribution in [2.75, 3.05) is 12.0 Å². The van der Waals surface area contributed by atoms with Crippen LogP contribution >= 0.6 is 11.6 Å². The molecule has 0 bridgehead atoms. The molecule has 3 aromatic rings. The number of aliphatic hydroxyl groups is 1. The normalized spacial score (nSPS) is 17.6. The molecule has 1 aliphatic heterocycles. The van der Waals surface area contributed by atoms with E-state index >= 15 is 0 Å². The van der Waals surface area contributed by atoms with Crippen LogP contribution in [0.5, 0.6) is 5.75 Å². The topological polar surface area (TPSA) is 79.7 Å². The van der Waals surface area contributed by atoms with Gasteiger partial charge >= 0.3 is 0 Å². The van der Waals surface area contributed by atoms with Gasteiger partial charge in [0.05, 0.1) is 18.7 Å². The maximum Gasteiger partial charge on any atom is 0.300 e. The number of aliphatic hydroxyl groups excluding tert-OH is 1. The summed E-state index contributed by atoms with van der Waals surface area (Å²) in [7, 11) is 1.56. The summed E-state index contributed by atoms with van der Waals surface area (Å²) in [4.78, 5) is 32.0. The van der Waals surface area contributed by atoms with Crippen LogP contribution in [0.15, 0.2) is 66.5 Å². The summed E-state index contributed by atoms with van der Waals surface area (Å²) in [5, 5.41) is 11.6. The molecule has 1 amide bonds. The summed E-state index contributed by atoms with van der Waals surface area (Å²) in [6.45, 7) is 3.67. The standard InChI is InChI=1S/C25H21ClN2O4/c1-14-6-8-18(26)12-19(14)28-22(17-5-4-10-27-13-17)21(24(30)25(28)31)23(29)16-7-9-20(32-3)15(2)11-16/h4-13,22,29H,1-3H3/b23-21+. The van der Waals surface area contributed by atoms with E-state index in [0.717, 1.165) is 11.1 Å². The van der Waals surface area contributed by atoms with Gasteiger partial charge in [-0.05, 0) is 66.9 Å². The highest BCUT2D eigenvalue weighted by molar-refractivity contribution is 6.52. The SMILES string of the molecule is COc1ccc(/C(O)=C2\C(=O)C(=O)N(c3cc(Cl)ccc3C)C2c2cccnc2)cc1C. The fourth-order valence-corrected chi connectivity index (χ4v) is 4.12. The number of hydrogen-bond donors (Lipinski definition) is 1. The lowest BCUT2D eigenvalue weighted by Gasteiger charge is -2.26. The number of nitrogens with zero attached hydrogens (tertiary/aromatic N) is 2. The number of carbonyl (C=O) groups is 2. The largest absolute Gasteiger partial charge is 0.507 e. The predicted octanol–water partition coefficient (Wildman–Crippen LogP) is 4.99. The van der Waals surface area contributed by atoms with E-state index in [4.69, 9.17) is 16.3 Å². The number of pyridine rings is 1. The van der Waals surface area contributed by atoms with E-state index in [1.165, 1.54) is 4.90 Å². The van der Waals surface area contributed by atoms with Crippen LogP contribution in [0.4, 0.5) is 5.69 Å². The Morgan fingerprint density at radius 1 is 1.09 bits per heavy atom. The molecule has 32 heavy (non-hydrogen) atoms. The molecule has 6 nitrogen and oxygen atoms in total. The number of ether oxygens (including phenoxy) is 1. The molecule has 1 N–H and O–H groups in total. The molecule has 0 saturated carbocycles. The second kappa shape index (κ2) is 8.48. The number of halogens is 1. The van der Waals surface area contributed by atoms with Crippen molar-refractivity contribution in [3.63, 3.8) is 0 Å². The summed E-state index contributed by atoms with van der Waals surface area (Å²) >= 11 is 6.21. The number of carbonyl (C=O) groups excluding carboxylic acids is 2. The van der Waals surface area contributed by atoms with Crippen LogP contribution in [0.25, 0.3) is 5.76 Å². The molecular formula is C25H21ClN2O4. The van der Waals surface area contributed by atoms with Crippen molar-refractivity contribution < 1.29 is 19.4 Å². The number of rotatable bonds is 4. The predicted molar refractivity (Wildman–Crippen MR) is 123 cm³/mol. The maximum absolute atomic E-state index is 13.2. The van der Waals surface area contributed by atoms with E-state index in [1.54, 1.807) is 68.0 Å². The van der Waals surface area contributed by atoms with Gasteiger partial charge in [-0.25, -0.2) is 0 Å². The zero-order valence-corrected chi connectivity index (χ0v) is 18.6. The molecule has 1 atom stereocenters. The van der Waals surface area contributed by atoms with Gasteiger partial charge in [0.15, 0.2) is 0 Å². The minimum Gasteiger partial charge on any atom is -0.507 e. The van der Waals surface area contributed by atoms with Crippen LogP contribution in [0.1, 0.15) is 28.3 Å². The molecule has 2 aromatic carbocycles. The Morgan fingerprint density at radius 2 is 1.88 bits per heavy atom. The van der Waals surface area contributed by atoms with Crippen molar-refractivity contribution in [1.82, 2.24) is 4.98 Å². The zero-order chi connectivity index (χ0) is 23.0. The average molecular weight is 449 g/mol.